The number of hydrogen-bond donors (Lipinski definition) is 0. The van der Waals surface area contributed by atoms with Crippen molar-refractivity contribution in [1.29, 1.82) is 0 Å². The SMILES string of the molecule is CCC1=CCC(C2(C(C)(C)C)[C-]=C3C=c4cc(C(C)(C)C)ccc4=C3C=C2)=C1CC.CCC1=CCC(C2(C(C)(C)C)[C-]=C3C=c4cc(C(C)(C)C)ccc4=C3C=C2)=C1CC.C[Si](C)=[Zr].C[Si](C)=[Zr].[Cl-].[Cl-]. The maximum Gasteiger partial charge on any atom is -1.00 e. The van der Waals surface area contributed by atoms with E-state index in [2.05, 4.69) is 234 Å². The maximum absolute atomic E-state index is 4.07. The summed E-state index contributed by atoms with van der Waals surface area (Å²) in [6, 6.07) is 14.0. The van der Waals surface area contributed by atoms with Gasteiger partial charge in [-0.25, -0.2) is 0 Å². The van der Waals surface area contributed by atoms with Crippen LogP contribution in [-0.4, -0.2) is 10.9 Å². The average molecular weight is 1160 g/mol. The van der Waals surface area contributed by atoms with Gasteiger partial charge in [-0.3, -0.25) is 0 Å². The van der Waals surface area contributed by atoms with Gasteiger partial charge in [0.15, 0.2) is 0 Å². The van der Waals surface area contributed by atoms with E-state index in [1.165, 1.54) is 54.3 Å². The van der Waals surface area contributed by atoms with Gasteiger partial charge in [0.25, 0.3) is 0 Å². The van der Waals surface area contributed by atoms with Gasteiger partial charge in [0, 0.05) is 0 Å². The smallest absolute Gasteiger partial charge is 1.00 e. The largest absolute Gasteiger partial charge is 1.00 e. The summed E-state index contributed by atoms with van der Waals surface area (Å²) in [6.07, 6.45) is 34.1. The quantitative estimate of drug-likeness (QED) is 0.200. The fourth-order valence-electron chi connectivity index (χ4n) is 10.9. The van der Waals surface area contributed by atoms with Crippen LogP contribution in [0.3, 0.4) is 0 Å². The standard InChI is InChI=1S/2C30H37.2C2H6Si.2ClH.2Zr/c2*1-9-20-11-14-27(24(20)10-2)30(29(6,7)8)16-15-26-22(19-30)17-21-18-23(28(3,4)5)12-13-25(21)26;2*1-3-2;;;;/h2*11-13,15-18H,9-10,14H2,1-8H3;2*1-2H3;2*1H;;/q2*-1;;;;;;/p-2. The Bertz CT molecular complexity index is 2670. The first-order valence-electron chi connectivity index (χ1n) is 25.8. The Morgan fingerprint density at radius 1 is 0.514 bits per heavy atom. The third kappa shape index (κ3) is 13.3. The van der Waals surface area contributed by atoms with Gasteiger partial charge >= 0.3 is 83.7 Å². The molecular formula is C64H86Cl2Si2Zr2-4. The van der Waals surface area contributed by atoms with Crippen molar-refractivity contribution >= 4 is 34.2 Å². The van der Waals surface area contributed by atoms with Crippen molar-refractivity contribution in [3.05, 3.63) is 162 Å². The van der Waals surface area contributed by atoms with Gasteiger partial charge in [0.1, 0.15) is 0 Å². The minimum atomic E-state index is -0.157. The normalized spacial score (nSPS) is 20.7. The number of benzene rings is 2. The predicted molar refractivity (Wildman–Crippen MR) is 296 cm³/mol. The molecule has 6 aliphatic carbocycles. The zero-order valence-corrected chi connectivity index (χ0v) is 55.5. The van der Waals surface area contributed by atoms with E-state index in [0.29, 0.717) is 0 Å². The van der Waals surface area contributed by atoms with E-state index >= 15 is 0 Å². The van der Waals surface area contributed by atoms with Crippen molar-refractivity contribution in [3.8, 4) is 0 Å². The Balaban J connectivity index is 0.000000313. The van der Waals surface area contributed by atoms with Crippen LogP contribution in [0.15, 0.2) is 117 Å². The first kappa shape index (κ1) is 62.9. The van der Waals surface area contributed by atoms with Crippen LogP contribution in [0.25, 0.3) is 23.3 Å². The molecule has 0 amide bonds. The Kier molecular flexibility index (Phi) is 22.0. The van der Waals surface area contributed by atoms with E-state index in [4.69, 9.17) is 0 Å². The van der Waals surface area contributed by atoms with Crippen LogP contribution >= 0.6 is 0 Å². The summed E-state index contributed by atoms with van der Waals surface area (Å²) >= 11 is 3.48. The Labute approximate surface area is 470 Å². The molecule has 70 heavy (non-hydrogen) atoms. The Morgan fingerprint density at radius 3 is 1.09 bits per heavy atom. The summed E-state index contributed by atoms with van der Waals surface area (Å²) in [5, 5.41) is 5.40. The molecule has 0 saturated heterocycles. The van der Waals surface area contributed by atoms with Crippen LogP contribution in [-0.2, 0) is 57.5 Å². The summed E-state index contributed by atoms with van der Waals surface area (Å²) in [4.78, 5) is 0. The van der Waals surface area contributed by atoms with E-state index in [9.17, 15) is 0 Å². The molecule has 0 bridgehead atoms. The molecule has 2 aromatic rings. The van der Waals surface area contributed by atoms with Crippen LogP contribution in [0.1, 0.15) is 160 Å². The first-order valence-corrected chi connectivity index (χ1v) is 38.2. The second-order valence-electron chi connectivity index (χ2n) is 24.3. The molecule has 0 aliphatic heterocycles. The third-order valence-electron chi connectivity index (χ3n) is 14.7. The van der Waals surface area contributed by atoms with Crippen LogP contribution < -0.4 is 45.7 Å². The molecule has 2 atom stereocenters. The molecule has 6 aliphatic rings. The molecule has 6 heteroatoms. The van der Waals surface area contributed by atoms with Gasteiger partial charge in [-0.1, -0.05) is 204 Å². The number of halogens is 2. The predicted octanol–water partition coefficient (Wildman–Crippen LogP) is 8.99. The van der Waals surface area contributed by atoms with Crippen LogP contribution in [0.4, 0.5) is 0 Å². The molecule has 0 spiro atoms. The third-order valence-corrected chi connectivity index (χ3v) is 14.7. The summed E-state index contributed by atoms with van der Waals surface area (Å²) in [6.45, 7) is 46.4. The number of allylic oxidation sites excluding steroid dienone is 16. The number of fused-ring (bicyclic) bond motifs is 4. The average Bonchev–Trinajstić information content (AvgIpc) is 4.02. The maximum atomic E-state index is 4.07. The van der Waals surface area contributed by atoms with Gasteiger partial charge < -0.3 is 24.8 Å². The van der Waals surface area contributed by atoms with Gasteiger partial charge in [0.2, 0.25) is 0 Å². The fourth-order valence-corrected chi connectivity index (χ4v) is 10.9. The second kappa shape index (κ2) is 24.5. The Morgan fingerprint density at radius 2 is 0.829 bits per heavy atom. The summed E-state index contributed by atoms with van der Waals surface area (Å²) in [5.74, 6) is 0. The zero-order valence-electron chi connectivity index (χ0n) is 47.1. The fraction of sp³-hybridized carbons (Fsp3) is 0.500. The Hall–Kier alpha value is -1.38. The molecular weight excluding hydrogens is 1080 g/mol. The minimum absolute atomic E-state index is 0. The monoisotopic (exact) mass is 1160 g/mol. The van der Waals surface area contributed by atoms with E-state index in [-0.39, 0.29) is 68.2 Å². The molecule has 0 N–H and O–H groups in total. The molecule has 376 valence electrons. The van der Waals surface area contributed by atoms with Gasteiger partial charge in [-0.2, -0.15) is 35.5 Å². The molecule has 0 saturated carbocycles. The van der Waals surface area contributed by atoms with E-state index < -0.39 is 0 Å². The number of hydrogen-bond acceptors (Lipinski definition) is 0. The van der Waals surface area contributed by atoms with Crippen molar-refractivity contribution in [3.63, 3.8) is 0 Å². The molecule has 2 unspecified atom stereocenters. The molecule has 8 rings (SSSR count). The van der Waals surface area contributed by atoms with E-state index in [0.717, 1.165) is 38.5 Å². The molecule has 0 heterocycles. The van der Waals surface area contributed by atoms with Crippen LogP contribution in [0.5, 0.6) is 0 Å². The van der Waals surface area contributed by atoms with Gasteiger partial charge in [-0.15, -0.1) is 23.3 Å². The summed E-state index contributed by atoms with van der Waals surface area (Å²) < 4.78 is 0. The van der Waals surface area contributed by atoms with Crippen molar-refractivity contribution in [1.82, 2.24) is 0 Å². The van der Waals surface area contributed by atoms with Crippen molar-refractivity contribution in [2.75, 3.05) is 0 Å². The van der Waals surface area contributed by atoms with Gasteiger partial charge in [-0.05, 0) is 104 Å². The van der Waals surface area contributed by atoms with Crippen molar-refractivity contribution < 1.29 is 71.5 Å². The second-order valence-corrected chi connectivity index (χ2v) is 43.0. The topological polar surface area (TPSA) is 0 Å². The van der Waals surface area contributed by atoms with E-state index in [1.54, 1.807) is 80.1 Å². The zero-order chi connectivity index (χ0) is 50.9. The summed E-state index contributed by atoms with van der Waals surface area (Å²) in [5.41, 5.74) is 17.9. The number of rotatable bonds is 6. The molecule has 0 nitrogen and oxygen atoms in total. The molecule has 0 fully saturated rings. The van der Waals surface area contributed by atoms with E-state index in [1.807, 2.05) is 0 Å². The minimum Gasteiger partial charge on any atom is -1.00 e. The van der Waals surface area contributed by atoms with Crippen molar-refractivity contribution in [2.24, 2.45) is 21.7 Å². The molecule has 0 aromatic heterocycles. The van der Waals surface area contributed by atoms with Crippen molar-refractivity contribution in [2.45, 2.75) is 186 Å². The first-order chi connectivity index (χ1) is 31.5. The molecule has 2 aromatic carbocycles. The van der Waals surface area contributed by atoms with Crippen LogP contribution in [0, 0.1) is 33.8 Å². The van der Waals surface area contributed by atoms with Crippen LogP contribution in [0.2, 0.25) is 26.2 Å². The summed E-state index contributed by atoms with van der Waals surface area (Å²) in [7, 11) is 0. The molecule has 0 radical (unpaired) electrons. The van der Waals surface area contributed by atoms with Gasteiger partial charge in [0.05, 0.1) is 0 Å².